The largest absolute Gasteiger partial charge is 0.327 e. The van der Waals surface area contributed by atoms with Crippen molar-refractivity contribution >= 4 is 27.5 Å². The third kappa shape index (κ3) is 3.70. The van der Waals surface area contributed by atoms with Crippen molar-refractivity contribution in [1.82, 2.24) is 0 Å². The summed E-state index contributed by atoms with van der Waals surface area (Å²) in [6.45, 7) is 0. The fourth-order valence-corrected chi connectivity index (χ4v) is 3.44. The standard InChI is InChI=1S/C14H19BrClN/c15-12-7-5-10(13(16)9-12)6-8-14(17)11-3-1-2-4-11/h5,7,9,11,14H,1-4,6,8,17H2. The van der Waals surface area contributed by atoms with Crippen molar-refractivity contribution in [2.45, 2.75) is 44.6 Å². The molecule has 1 saturated carbocycles. The van der Waals surface area contributed by atoms with Gasteiger partial charge in [0.05, 0.1) is 0 Å². The molecular formula is C14H19BrClN. The Morgan fingerprint density at radius 1 is 1.35 bits per heavy atom. The van der Waals surface area contributed by atoms with E-state index in [1.54, 1.807) is 0 Å². The highest BCUT2D eigenvalue weighted by Crippen LogP contribution is 2.29. The normalized spacial score (nSPS) is 18.5. The zero-order valence-electron chi connectivity index (χ0n) is 9.96. The molecule has 0 amide bonds. The summed E-state index contributed by atoms with van der Waals surface area (Å²) in [5.74, 6) is 0.740. The molecule has 3 heteroatoms. The van der Waals surface area contributed by atoms with E-state index < -0.39 is 0 Å². The predicted molar refractivity (Wildman–Crippen MR) is 77.4 cm³/mol. The molecule has 94 valence electrons. The topological polar surface area (TPSA) is 26.0 Å². The molecule has 0 spiro atoms. The van der Waals surface area contributed by atoms with Crippen LogP contribution in [0.25, 0.3) is 0 Å². The fraction of sp³-hybridized carbons (Fsp3) is 0.571. The third-order valence-electron chi connectivity index (χ3n) is 3.77. The summed E-state index contributed by atoms with van der Waals surface area (Å²) >= 11 is 9.62. The predicted octanol–water partition coefficient (Wildman–Crippen LogP) is 4.55. The zero-order chi connectivity index (χ0) is 12.3. The van der Waals surface area contributed by atoms with Gasteiger partial charge in [0.15, 0.2) is 0 Å². The molecule has 1 aliphatic carbocycles. The number of nitrogens with two attached hydrogens (primary N) is 1. The van der Waals surface area contributed by atoms with Crippen LogP contribution in [0.1, 0.15) is 37.7 Å². The van der Waals surface area contributed by atoms with Crippen molar-refractivity contribution in [2.75, 3.05) is 0 Å². The van der Waals surface area contributed by atoms with Gasteiger partial charge in [-0.25, -0.2) is 0 Å². The Labute approximate surface area is 117 Å². The van der Waals surface area contributed by atoms with Gasteiger partial charge in [-0.1, -0.05) is 46.4 Å². The molecule has 0 radical (unpaired) electrons. The molecule has 1 aliphatic rings. The van der Waals surface area contributed by atoms with Gasteiger partial charge in [0, 0.05) is 15.5 Å². The van der Waals surface area contributed by atoms with Gasteiger partial charge in [0.2, 0.25) is 0 Å². The monoisotopic (exact) mass is 315 g/mol. The molecule has 1 fully saturated rings. The highest BCUT2D eigenvalue weighted by Gasteiger charge is 2.21. The highest BCUT2D eigenvalue weighted by atomic mass is 79.9. The summed E-state index contributed by atoms with van der Waals surface area (Å²) in [6.07, 6.45) is 7.38. The lowest BCUT2D eigenvalue weighted by Gasteiger charge is -2.18. The second kappa shape index (κ2) is 6.21. The molecule has 1 atom stereocenters. The lowest BCUT2D eigenvalue weighted by molar-refractivity contribution is 0.410. The summed E-state index contributed by atoms with van der Waals surface area (Å²) in [6, 6.07) is 6.44. The molecule has 1 nitrogen and oxygen atoms in total. The van der Waals surface area contributed by atoms with Gasteiger partial charge in [-0.2, -0.15) is 0 Å². The van der Waals surface area contributed by atoms with Gasteiger partial charge < -0.3 is 5.73 Å². The lowest BCUT2D eigenvalue weighted by atomic mass is 9.93. The third-order valence-corrected chi connectivity index (χ3v) is 4.61. The average Bonchev–Trinajstić information content (AvgIpc) is 2.81. The molecule has 0 heterocycles. The van der Waals surface area contributed by atoms with E-state index in [9.17, 15) is 0 Å². The fourth-order valence-electron chi connectivity index (χ4n) is 2.67. The maximum Gasteiger partial charge on any atom is 0.0449 e. The molecule has 2 rings (SSSR count). The van der Waals surface area contributed by atoms with E-state index >= 15 is 0 Å². The first-order valence-electron chi connectivity index (χ1n) is 6.36. The highest BCUT2D eigenvalue weighted by molar-refractivity contribution is 9.10. The van der Waals surface area contributed by atoms with Crippen molar-refractivity contribution in [3.8, 4) is 0 Å². The van der Waals surface area contributed by atoms with E-state index in [1.165, 1.54) is 31.2 Å². The van der Waals surface area contributed by atoms with Crippen LogP contribution in [-0.2, 0) is 6.42 Å². The second-order valence-corrected chi connectivity index (χ2v) is 6.31. The molecule has 0 bridgehead atoms. The first kappa shape index (κ1) is 13.4. The number of hydrogen-bond donors (Lipinski definition) is 1. The summed E-state index contributed by atoms with van der Waals surface area (Å²) in [5.41, 5.74) is 7.47. The van der Waals surface area contributed by atoms with Crippen LogP contribution in [0.3, 0.4) is 0 Å². The first-order chi connectivity index (χ1) is 8.16. The van der Waals surface area contributed by atoms with Gasteiger partial charge in [-0.15, -0.1) is 0 Å². The van der Waals surface area contributed by atoms with Crippen molar-refractivity contribution < 1.29 is 0 Å². The van der Waals surface area contributed by atoms with Crippen LogP contribution in [0.15, 0.2) is 22.7 Å². The molecule has 2 N–H and O–H groups in total. The second-order valence-electron chi connectivity index (χ2n) is 4.98. The van der Waals surface area contributed by atoms with Crippen molar-refractivity contribution in [3.05, 3.63) is 33.3 Å². The Bertz CT molecular complexity index is 374. The van der Waals surface area contributed by atoms with Gasteiger partial charge in [0.25, 0.3) is 0 Å². The van der Waals surface area contributed by atoms with E-state index in [0.717, 1.165) is 28.3 Å². The molecule has 1 unspecified atom stereocenters. The van der Waals surface area contributed by atoms with Crippen LogP contribution < -0.4 is 5.73 Å². The van der Waals surface area contributed by atoms with Crippen LogP contribution in [0.5, 0.6) is 0 Å². The maximum atomic E-state index is 6.25. The van der Waals surface area contributed by atoms with E-state index in [2.05, 4.69) is 22.0 Å². The Hall–Kier alpha value is -0.0500. The van der Waals surface area contributed by atoms with Gasteiger partial charge in [-0.05, 0) is 49.3 Å². The minimum absolute atomic E-state index is 0.345. The quantitative estimate of drug-likeness (QED) is 0.866. The van der Waals surface area contributed by atoms with Crippen molar-refractivity contribution in [2.24, 2.45) is 11.7 Å². The molecule has 0 aromatic heterocycles. The van der Waals surface area contributed by atoms with E-state index in [-0.39, 0.29) is 0 Å². The smallest absolute Gasteiger partial charge is 0.0449 e. The van der Waals surface area contributed by atoms with E-state index in [0.29, 0.717) is 6.04 Å². The Morgan fingerprint density at radius 2 is 2.06 bits per heavy atom. The Kier molecular flexibility index (Phi) is 4.89. The first-order valence-corrected chi connectivity index (χ1v) is 7.53. The van der Waals surface area contributed by atoms with Crippen LogP contribution >= 0.6 is 27.5 Å². The average molecular weight is 317 g/mol. The summed E-state index contributed by atoms with van der Waals surface area (Å²) in [4.78, 5) is 0. The minimum atomic E-state index is 0.345. The summed E-state index contributed by atoms with van der Waals surface area (Å²) in [7, 11) is 0. The SMILES string of the molecule is NC(CCc1ccc(Br)cc1Cl)C1CCCC1. The molecule has 0 saturated heterocycles. The van der Waals surface area contributed by atoms with Gasteiger partial charge in [-0.3, -0.25) is 0 Å². The Morgan fingerprint density at radius 3 is 2.71 bits per heavy atom. The number of halogens is 2. The molecule has 17 heavy (non-hydrogen) atoms. The van der Waals surface area contributed by atoms with E-state index in [1.807, 2.05) is 12.1 Å². The number of benzene rings is 1. The van der Waals surface area contributed by atoms with Crippen LogP contribution in [0.2, 0.25) is 5.02 Å². The number of aryl methyl sites for hydroxylation is 1. The van der Waals surface area contributed by atoms with Crippen LogP contribution in [0, 0.1) is 5.92 Å². The molecular weight excluding hydrogens is 298 g/mol. The maximum absolute atomic E-state index is 6.25. The van der Waals surface area contributed by atoms with Crippen LogP contribution in [0.4, 0.5) is 0 Å². The molecule has 1 aromatic rings. The summed E-state index contributed by atoms with van der Waals surface area (Å²) in [5, 5.41) is 0.845. The van der Waals surface area contributed by atoms with Crippen molar-refractivity contribution in [1.29, 1.82) is 0 Å². The number of hydrogen-bond acceptors (Lipinski definition) is 1. The summed E-state index contributed by atoms with van der Waals surface area (Å²) < 4.78 is 1.03. The van der Waals surface area contributed by atoms with Crippen LogP contribution in [-0.4, -0.2) is 6.04 Å². The lowest BCUT2D eigenvalue weighted by Crippen LogP contribution is -2.28. The number of rotatable bonds is 4. The molecule has 1 aromatic carbocycles. The van der Waals surface area contributed by atoms with Gasteiger partial charge in [0.1, 0.15) is 0 Å². The van der Waals surface area contributed by atoms with Gasteiger partial charge >= 0.3 is 0 Å². The zero-order valence-corrected chi connectivity index (χ0v) is 12.3. The Balaban J connectivity index is 1.88. The van der Waals surface area contributed by atoms with Crippen molar-refractivity contribution in [3.63, 3.8) is 0 Å². The van der Waals surface area contributed by atoms with E-state index in [4.69, 9.17) is 17.3 Å². The molecule has 0 aliphatic heterocycles. The minimum Gasteiger partial charge on any atom is -0.327 e.